The van der Waals surface area contributed by atoms with Crippen molar-refractivity contribution in [3.05, 3.63) is 132 Å². The Labute approximate surface area is 379 Å². The first-order valence-electron chi connectivity index (χ1n) is 21.9. The number of ether oxygens (including phenoxy) is 2. The van der Waals surface area contributed by atoms with Crippen molar-refractivity contribution in [3.8, 4) is 77.6 Å². The molecule has 0 amide bonds. The van der Waals surface area contributed by atoms with Gasteiger partial charge in [-0.15, -0.1) is 22.7 Å². The summed E-state index contributed by atoms with van der Waals surface area (Å²) in [5.41, 5.74) is 5.81. The number of benzene rings is 6. The molecule has 4 heterocycles. The molecule has 2 aliphatic heterocycles. The van der Waals surface area contributed by atoms with Crippen LogP contribution < -0.4 is 9.47 Å². The van der Waals surface area contributed by atoms with Crippen LogP contribution >= 0.6 is 22.7 Å². The van der Waals surface area contributed by atoms with Gasteiger partial charge in [-0.2, -0.15) is 0 Å². The molecule has 9 nitrogen and oxygen atoms in total. The maximum absolute atomic E-state index is 15.7. The van der Waals surface area contributed by atoms with Gasteiger partial charge in [-0.25, -0.2) is 0 Å². The average molecular weight is 889 g/mol. The minimum Gasteiger partial charge on any atom is -0.508 e. The van der Waals surface area contributed by atoms with Gasteiger partial charge in [0, 0.05) is 65.3 Å². The van der Waals surface area contributed by atoms with Gasteiger partial charge in [-0.3, -0.25) is 14.6 Å². The van der Waals surface area contributed by atoms with Gasteiger partial charge >= 0.3 is 0 Å². The van der Waals surface area contributed by atoms with E-state index in [-0.39, 0.29) is 28.8 Å². The monoisotopic (exact) mass is 888 g/mol. The molecule has 0 bridgehead atoms. The Kier molecular flexibility index (Phi) is 11.7. The molecular weight excluding hydrogens is 841 g/mol. The third-order valence-electron chi connectivity index (χ3n) is 12.4. The van der Waals surface area contributed by atoms with Gasteiger partial charge in [-0.05, 0) is 160 Å². The Hall–Kier alpha value is -6.37. The van der Waals surface area contributed by atoms with Crippen molar-refractivity contribution < 1.29 is 34.7 Å². The number of phenolic OH excluding ortho intramolecular Hbond substituents is 4. The average Bonchev–Trinajstić information content (AvgIpc) is 4.14. The van der Waals surface area contributed by atoms with Gasteiger partial charge in [0.2, 0.25) is 5.78 Å². The Morgan fingerprint density at radius 1 is 0.500 bits per heavy atom. The molecule has 324 valence electrons. The molecule has 6 aromatic carbocycles. The van der Waals surface area contributed by atoms with Crippen molar-refractivity contribution in [2.24, 2.45) is 0 Å². The third kappa shape index (κ3) is 8.28. The zero-order chi connectivity index (χ0) is 43.7. The van der Waals surface area contributed by atoms with Crippen LogP contribution in [0.15, 0.2) is 121 Å². The van der Waals surface area contributed by atoms with Crippen LogP contribution in [0.3, 0.4) is 0 Å². The molecule has 0 spiro atoms. The van der Waals surface area contributed by atoms with Crippen LogP contribution in [0.5, 0.6) is 34.5 Å². The predicted molar refractivity (Wildman–Crippen MR) is 258 cm³/mol. The van der Waals surface area contributed by atoms with Crippen molar-refractivity contribution in [1.29, 1.82) is 0 Å². The number of rotatable bonds is 14. The lowest BCUT2D eigenvalue weighted by atomic mass is 9.91. The molecule has 0 radical (unpaired) electrons. The predicted octanol–water partition coefficient (Wildman–Crippen LogP) is 11.8. The zero-order valence-electron chi connectivity index (χ0n) is 35.3. The Bertz CT molecular complexity index is 2780. The summed E-state index contributed by atoms with van der Waals surface area (Å²) >= 11 is 3.07. The Balaban J connectivity index is 1.16. The third-order valence-corrected chi connectivity index (χ3v) is 14.8. The zero-order valence-corrected chi connectivity index (χ0v) is 36.9. The topological polar surface area (TPSA) is 123 Å². The fraction of sp³-hybridized carbons (Fsp3) is 0.226. The number of hydrogen-bond acceptors (Lipinski definition) is 11. The molecule has 0 atom stereocenters. The first-order chi connectivity index (χ1) is 31.3. The van der Waals surface area contributed by atoms with Crippen LogP contribution in [0.2, 0.25) is 0 Å². The molecule has 8 aromatic rings. The number of ketones is 1. The van der Waals surface area contributed by atoms with E-state index in [4.69, 9.17) is 9.47 Å². The standard InChI is InChI=1S/C53H48N2O7S2/c56-35-15-11-33(12-16-35)52-47(39-21-19-37(58)31-45(39)63-52)41-7-5-9-43(50(41)61-29-27-54-23-1-2-24-54)49(60)44-10-6-8-42(51(44)62-30-28-55-25-3-4-26-55)48-40-22-20-38(59)32-46(40)64-53(48)34-13-17-36(57)18-14-34/h5-22,31-32,56-59H,1-4,23-30H2. The summed E-state index contributed by atoms with van der Waals surface area (Å²) < 4.78 is 15.5. The highest BCUT2D eigenvalue weighted by Crippen LogP contribution is 2.52. The number of thiophene rings is 2. The number of aromatic hydroxyl groups is 4. The van der Waals surface area contributed by atoms with E-state index >= 15 is 4.79 Å². The van der Waals surface area contributed by atoms with Gasteiger partial charge in [0.25, 0.3) is 0 Å². The molecule has 11 heteroatoms. The molecule has 2 fully saturated rings. The minimum absolute atomic E-state index is 0.157. The highest BCUT2D eigenvalue weighted by molar-refractivity contribution is 7.23. The van der Waals surface area contributed by atoms with Crippen molar-refractivity contribution >= 4 is 48.6 Å². The van der Waals surface area contributed by atoms with Crippen LogP contribution in [-0.4, -0.2) is 88.5 Å². The molecule has 2 saturated heterocycles. The summed E-state index contributed by atoms with van der Waals surface area (Å²) in [6, 6.07) is 36.4. The van der Waals surface area contributed by atoms with E-state index in [1.54, 1.807) is 48.5 Å². The second-order valence-corrected chi connectivity index (χ2v) is 18.7. The number of para-hydroxylation sites is 2. The van der Waals surface area contributed by atoms with Crippen molar-refractivity contribution in [3.63, 3.8) is 0 Å². The molecular formula is C53H48N2O7S2. The van der Waals surface area contributed by atoms with Crippen molar-refractivity contribution in [2.75, 3.05) is 52.5 Å². The lowest BCUT2D eigenvalue weighted by Crippen LogP contribution is -2.26. The Morgan fingerprint density at radius 3 is 1.30 bits per heavy atom. The lowest BCUT2D eigenvalue weighted by molar-refractivity contribution is 0.103. The molecule has 64 heavy (non-hydrogen) atoms. The molecule has 0 unspecified atom stereocenters. The van der Waals surface area contributed by atoms with E-state index < -0.39 is 0 Å². The maximum atomic E-state index is 15.7. The summed E-state index contributed by atoms with van der Waals surface area (Å²) in [6.45, 7) is 6.21. The number of nitrogens with zero attached hydrogens (tertiary/aromatic N) is 2. The smallest absolute Gasteiger partial charge is 0.200 e. The van der Waals surface area contributed by atoms with Crippen molar-refractivity contribution in [2.45, 2.75) is 25.7 Å². The fourth-order valence-electron chi connectivity index (χ4n) is 9.19. The molecule has 0 aliphatic carbocycles. The number of likely N-dealkylation sites (tertiary alicyclic amines) is 2. The van der Waals surface area contributed by atoms with E-state index in [0.29, 0.717) is 48.9 Å². The second kappa shape index (κ2) is 18.0. The lowest BCUT2D eigenvalue weighted by Gasteiger charge is -2.21. The summed E-state index contributed by atoms with van der Waals surface area (Å²) in [5, 5.41) is 43.5. The number of carbonyl (C=O) groups is 1. The SMILES string of the molecule is O=C(c1cccc(-c2c(-c3ccc(O)cc3)sc3cc(O)ccc23)c1OCCN1CCCC1)c1cccc(-c2c(-c3ccc(O)cc3)sc3cc(O)ccc23)c1OCCN1CCCC1. The summed E-state index contributed by atoms with van der Waals surface area (Å²) in [4.78, 5) is 22.3. The van der Waals surface area contributed by atoms with Gasteiger partial charge in [0.05, 0.1) is 11.1 Å². The summed E-state index contributed by atoms with van der Waals surface area (Å²) in [6.07, 6.45) is 4.60. The number of hydrogen-bond donors (Lipinski definition) is 4. The van der Waals surface area contributed by atoms with Gasteiger partial charge in [-0.1, -0.05) is 24.3 Å². The van der Waals surface area contributed by atoms with Crippen LogP contribution in [0.25, 0.3) is 63.3 Å². The van der Waals surface area contributed by atoms with E-state index in [1.807, 2.05) is 72.8 Å². The van der Waals surface area contributed by atoms with Crippen LogP contribution in [0.1, 0.15) is 41.6 Å². The van der Waals surface area contributed by atoms with E-state index in [1.165, 1.54) is 22.7 Å². The van der Waals surface area contributed by atoms with Crippen LogP contribution in [0, 0.1) is 0 Å². The summed E-state index contributed by atoms with van der Waals surface area (Å²) in [7, 11) is 0. The minimum atomic E-state index is -0.247. The number of phenols is 4. The number of carbonyl (C=O) groups excluding carboxylic acids is 1. The molecule has 2 aliphatic rings. The van der Waals surface area contributed by atoms with Gasteiger partial charge in [0.1, 0.15) is 47.7 Å². The first kappa shape index (κ1) is 41.6. The second-order valence-electron chi connectivity index (χ2n) is 16.6. The van der Waals surface area contributed by atoms with Crippen molar-refractivity contribution in [1.82, 2.24) is 9.80 Å². The molecule has 2 aromatic heterocycles. The highest BCUT2D eigenvalue weighted by Gasteiger charge is 2.29. The van der Waals surface area contributed by atoms with Gasteiger partial charge in [0.15, 0.2) is 0 Å². The molecule has 0 saturated carbocycles. The van der Waals surface area contributed by atoms with Gasteiger partial charge < -0.3 is 29.9 Å². The van der Waals surface area contributed by atoms with E-state index in [0.717, 1.165) is 115 Å². The largest absolute Gasteiger partial charge is 0.508 e. The van der Waals surface area contributed by atoms with E-state index in [9.17, 15) is 20.4 Å². The molecule has 10 rings (SSSR count). The number of fused-ring (bicyclic) bond motifs is 2. The first-order valence-corrected chi connectivity index (χ1v) is 23.5. The highest BCUT2D eigenvalue weighted by atomic mass is 32.1. The normalized spacial score (nSPS) is 14.5. The van der Waals surface area contributed by atoms with Crippen LogP contribution in [0.4, 0.5) is 0 Å². The quantitative estimate of drug-likeness (QED) is 0.0790. The fourth-order valence-corrected chi connectivity index (χ4v) is 11.7. The molecule has 4 N–H and O–H groups in total. The maximum Gasteiger partial charge on any atom is 0.200 e. The summed E-state index contributed by atoms with van der Waals surface area (Å²) in [5.74, 6) is 1.32. The van der Waals surface area contributed by atoms with Crippen LogP contribution in [-0.2, 0) is 0 Å². The van der Waals surface area contributed by atoms with E-state index in [2.05, 4.69) is 9.80 Å². The Morgan fingerprint density at radius 2 is 0.891 bits per heavy atom.